The Morgan fingerprint density at radius 3 is 2.67 bits per heavy atom. The molecule has 0 aromatic heterocycles. The quantitative estimate of drug-likeness (QED) is 0.882. The van der Waals surface area contributed by atoms with Crippen LogP contribution in [0.1, 0.15) is 42.9 Å². The fraction of sp³-hybridized carbons (Fsp3) is 0.625. The molecule has 1 aliphatic carbocycles. The van der Waals surface area contributed by atoms with Crippen LogP contribution >= 0.6 is 0 Å². The van der Waals surface area contributed by atoms with Crippen LogP contribution in [0.2, 0.25) is 0 Å². The van der Waals surface area contributed by atoms with Gasteiger partial charge in [-0.15, -0.1) is 0 Å². The Balaban J connectivity index is 1.52. The van der Waals surface area contributed by atoms with Crippen LogP contribution in [-0.2, 0) is 0 Å². The van der Waals surface area contributed by atoms with Crippen LogP contribution in [0.5, 0.6) is 0 Å². The standard InChI is InChI=1S/C16H24N2/c1-12-2-5-14(6-3-12)16(17)8-9-18-11-13-4-7-15(18)10-13/h2-3,5-6,13,15-16H,4,7-11,17H2,1H3. The molecule has 3 rings (SSSR count). The van der Waals surface area contributed by atoms with E-state index in [1.165, 1.54) is 43.5 Å². The summed E-state index contributed by atoms with van der Waals surface area (Å²) in [5.74, 6) is 0.991. The predicted molar refractivity (Wildman–Crippen MR) is 75.4 cm³/mol. The highest BCUT2D eigenvalue weighted by Gasteiger charge is 2.37. The Bertz CT molecular complexity index is 398. The monoisotopic (exact) mass is 244 g/mol. The summed E-state index contributed by atoms with van der Waals surface area (Å²) >= 11 is 0. The highest BCUT2D eigenvalue weighted by molar-refractivity contribution is 5.23. The molecule has 2 fully saturated rings. The lowest BCUT2D eigenvalue weighted by Gasteiger charge is -2.27. The number of hydrogen-bond donors (Lipinski definition) is 1. The molecule has 2 nitrogen and oxygen atoms in total. The summed E-state index contributed by atoms with van der Waals surface area (Å²) in [6, 6.07) is 9.75. The van der Waals surface area contributed by atoms with Gasteiger partial charge in [-0.05, 0) is 44.1 Å². The van der Waals surface area contributed by atoms with Gasteiger partial charge in [-0.3, -0.25) is 0 Å². The summed E-state index contributed by atoms with van der Waals surface area (Å²) in [5.41, 5.74) is 8.89. The second-order valence-corrected chi connectivity index (χ2v) is 6.13. The molecule has 18 heavy (non-hydrogen) atoms. The molecule has 1 saturated heterocycles. The first-order valence-electron chi connectivity index (χ1n) is 7.28. The highest BCUT2D eigenvalue weighted by atomic mass is 15.2. The van der Waals surface area contributed by atoms with E-state index in [1.807, 2.05) is 0 Å². The van der Waals surface area contributed by atoms with Gasteiger partial charge in [0.05, 0.1) is 0 Å². The zero-order valence-electron chi connectivity index (χ0n) is 11.3. The molecule has 98 valence electrons. The topological polar surface area (TPSA) is 29.3 Å². The van der Waals surface area contributed by atoms with Crippen molar-refractivity contribution >= 4 is 0 Å². The molecule has 2 bridgehead atoms. The Labute approximate surface area is 110 Å². The van der Waals surface area contributed by atoms with E-state index in [9.17, 15) is 0 Å². The SMILES string of the molecule is Cc1ccc(C(N)CCN2CC3CCC2C3)cc1. The number of nitrogens with zero attached hydrogens (tertiary/aromatic N) is 1. The van der Waals surface area contributed by atoms with Crippen LogP contribution in [0.25, 0.3) is 0 Å². The number of aryl methyl sites for hydroxylation is 1. The van der Waals surface area contributed by atoms with E-state index in [1.54, 1.807) is 0 Å². The number of likely N-dealkylation sites (tertiary alicyclic amines) is 1. The number of hydrogen-bond acceptors (Lipinski definition) is 2. The van der Waals surface area contributed by atoms with Crippen molar-refractivity contribution in [3.05, 3.63) is 35.4 Å². The van der Waals surface area contributed by atoms with Gasteiger partial charge in [0, 0.05) is 25.2 Å². The van der Waals surface area contributed by atoms with E-state index in [-0.39, 0.29) is 6.04 Å². The first-order valence-corrected chi connectivity index (χ1v) is 7.28. The first kappa shape index (κ1) is 12.2. The van der Waals surface area contributed by atoms with Gasteiger partial charge in [-0.25, -0.2) is 0 Å². The van der Waals surface area contributed by atoms with Gasteiger partial charge in [0.15, 0.2) is 0 Å². The third-order valence-electron chi connectivity index (χ3n) is 4.76. The summed E-state index contributed by atoms with van der Waals surface area (Å²) in [6.45, 7) is 4.62. The number of rotatable bonds is 4. The fourth-order valence-corrected chi connectivity index (χ4v) is 3.59. The Kier molecular flexibility index (Phi) is 3.40. The van der Waals surface area contributed by atoms with E-state index in [0.29, 0.717) is 0 Å². The lowest BCUT2D eigenvalue weighted by molar-refractivity contribution is 0.206. The van der Waals surface area contributed by atoms with E-state index in [4.69, 9.17) is 5.73 Å². The normalized spacial score (nSPS) is 28.8. The van der Waals surface area contributed by atoms with E-state index in [2.05, 4.69) is 36.1 Å². The van der Waals surface area contributed by atoms with Crippen molar-refractivity contribution in [3.8, 4) is 0 Å². The van der Waals surface area contributed by atoms with Crippen LogP contribution in [-0.4, -0.2) is 24.0 Å². The predicted octanol–water partition coefficient (Wildman–Crippen LogP) is 2.87. The summed E-state index contributed by atoms with van der Waals surface area (Å²) in [6.07, 6.45) is 5.42. The lowest BCUT2D eigenvalue weighted by Crippen LogP contribution is -2.34. The zero-order valence-corrected chi connectivity index (χ0v) is 11.3. The van der Waals surface area contributed by atoms with E-state index < -0.39 is 0 Å². The summed E-state index contributed by atoms with van der Waals surface area (Å²) < 4.78 is 0. The van der Waals surface area contributed by atoms with Crippen LogP contribution < -0.4 is 5.73 Å². The zero-order chi connectivity index (χ0) is 12.5. The molecule has 1 aromatic rings. The van der Waals surface area contributed by atoms with Crippen molar-refractivity contribution in [2.24, 2.45) is 11.7 Å². The van der Waals surface area contributed by atoms with Crippen LogP contribution in [0.4, 0.5) is 0 Å². The van der Waals surface area contributed by atoms with Crippen molar-refractivity contribution in [3.63, 3.8) is 0 Å². The molecular weight excluding hydrogens is 220 g/mol. The molecule has 1 aliphatic heterocycles. The first-order chi connectivity index (χ1) is 8.72. The second-order valence-electron chi connectivity index (χ2n) is 6.13. The molecule has 1 aromatic carbocycles. The Morgan fingerprint density at radius 2 is 2.06 bits per heavy atom. The molecule has 1 heterocycles. The van der Waals surface area contributed by atoms with Crippen molar-refractivity contribution in [2.45, 2.75) is 44.7 Å². The number of benzene rings is 1. The van der Waals surface area contributed by atoms with Gasteiger partial charge < -0.3 is 10.6 Å². The van der Waals surface area contributed by atoms with Crippen LogP contribution in [0, 0.1) is 12.8 Å². The maximum atomic E-state index is 6.29. The lowest BCUT2D eigenvalue weighted by atomic mass is 10.0. The summed E-state index contributed by atoms with van der Waals surface area (Å²) in [5, 5.41) is 0. The van der Waals surface area contributed by atoms with Gasteiger partial charge in [0.2, 0.25) is 0 Å². The molecule has 0 amide bonds. The van der Waals surface area contributed by atoms with Gasteiger partial charge in [0.25, 0.3) is 0 Å². The minimum atomic E-state index is 0.199. The molecule has 3 atom stereocenters. The van der Waals surface area contributed by atoms with Crippen LogP contribution in [0.3, 0.4) is 0 Å². The average molecular weight is 244 g/mol. The maximum Gasteiger partial charge on any atom is 0.0307 e. The van der Waals surface area contributed by atoms with Gasteiger partial charge >= 0.3 is 0 Å². The van der Waals surface area contributed by atoms with Gasteiger partial charge in [0.1, 0.15) is 0 Å². The molecule has 2 N–H and O–H groups in total. The summed E-state index contributed by atoms with van der Waals surface area (Å²) in [7, 11) is 0. The number of fused-ring (bicyclic) bond motifs is 2. The Morgan fingerprint density at radius 1 is 1.28 bits per heavy atom. The second kappa shape index (κ2) is 5.02. The average Bonchev–Trinajstić information content (AvgIpc) is 2.99. The number of piperidine rings is 1. The van der Waals surface area contributed by atoms with Gasteiger partial charge in [-0.1, -0.05) is 29.8 Å². The molecule has 3 unspecified atom stereocenters. The van der Waals surface area contributed by atoms with E-state index in [0.717, 1.165) is 18.4 Å². The smallest absolute Gasteiger partial charge is 0.0307 e. The van der Waals surface area contributed by atoms with Crippen LogP contribution in [0.15, 0.2) is 24.3 Å². The largest absolute Gasteiger partial charge is 0.324 e. The minimum absolute atomic E-state index is 0.199. The maximum absolute atomic E-state index is 6.29. The van der Waals surface area contributed by atoms with Gasteiger partial charge in [-0.2, -0.15) is 0 Å². The van der Waals surface area contributed by atoms with Crippen molar-refractivity contribution < 1.29 is 0 Å². The van der Waals surface area contributed by atoms with E-state index >= 15 is 0 Å². The molecule has 2 aliphatic rings. The highest BCUT2D eigenvalue weighted by Crippen LogP contribution is 2.37. The molecule has 0 spiro atoms. The van der Waals surface area contributed by atoms with Crippen molar-refractivity contribution in [1.29, 1.82) is 0 Å². The van der Waals surface area contributed by atoms with Crippen molar-refractivity contribution in [2.75, 3.05) is 13.1 Å². The Hall–Kier alpha value is -0.860. The third-order valence-corrected chi connectivity index (χ3v) is 4.76. The molecular formula is C16H24N2. The summed E-state index contributed by atoms with van der Waals surface area (Å²) in [4.78, 5) is 2.67. The van der Waals surface area contributed by atoms with Crippen molar-refractivity contribution in [1.82, 2.24) is 4.90 Å². The molecule has 0 radical (unpaired) electrons. The third kappa shape index (κ3) is 2.45. The molecule has 1 saturated carbocycles. The molecule has 2 heteroatoms. The minimum Gasteiger partial charge on any atom is -0.324 e. The number of nitrogens with two attached hydrogens (primary N) is 1. The fourth-order valence-electron chi connectivity index (χ4n) is 3.59.